The summed E-state index contributed by atoms with van der Waals surface area (Å²) in [6.45, 7) is 5.72. The highest BCUT2D eigenvalue weighted by Gasteiger charge is 2.28. The summed E-state index contributed by atoms with van der Waals surface area (Å²) in [4.78, 5) is 32.0. The Bertz CT molecular complexity index is 1110. The largest absolute Gasteiger partial charge is 0.480 e. The van der Waals surface area contributed by atoms with Gasteiger partial charge in [-0.05, 0) is 50.2 Å². The maximum atomic E-state index is 13.5. The minimum atomic E-state index is -1.04. The van der Waals surface area contributed by atoms with Gasteiger partial charge in [0.1, 0.15) is 16.7 Å². The minimum Gasteiger partial charge on any atom is -0.480 e. The zero-order valence-electron chi connectivity index (χ0n) is 15.7. The average molecular weight is 382 g/mol. The third-order valence-corrected chi connectivity index (χ3v) is 6.64. The molecule has 0 saturated heterocycles. The lowest BCUT2D eigenvalue weighted by Crippen LogP contribution is -2.31. The lowest BCUT2D eigenvalue weighted by atomic mass is 9.89. The number of aliphatic carboxylic acids is 1. The number of hydrogen-bond acceptors (Lipinski definition) is 4. The summed E-state index contributed by atoms with van der Waals surface area (Å²) in [7, 11) is 0. The molecule has 27 heavy (non-hydrogen) atoms. The first-order valence-corrected chi connectivity index (χ1v) is 10.1. The number of carbonyl (C=O) groups is 1. The fraction of sp³-hybridized carbons (Fsp3) is 0.381. The fourth-order valence-corrected chi connectivity index (χ4v) is 5.26. The van der Waals surface area contributed by atoms with Gasteiger partial charge in [-0.15, -0.1) is 11.3 Å². The number of fused-ring (bicyclic) bond motifs is 3. The van der Waals surface area contributed by atoms with Crippen LogP contribution in [0.25, 0.3) is 21.6 Å². The van der Waals surface area contributed by atoms with Crippen LogP contribution in [0.1, 0.15) is 42.3 Å². The van der Waals surface area contributed by atoms with E-state index in [4.69, 9.17) is 4.98 Å². The zero-order chi connectivity index (χ0) is 19.3. The first kappa shape index (κ1) is 17.9. The molecule has 2 aromatic heterocycles. The van der Waals surface area contributed by atoms with E-state index in [0.29, 0.717) is 17.1 Å². The first-order chi connectivity index (χ1) is 12.9. The molecule has 4 rings (SSSR count). The Kier molecular flexibility index (Phi) is 4.38. The third kappa shape index (κ3) is 2.88. The molecule has 1 aliphatic carbocycles. The van der Waals surface area contributed by atoms with Gasteiger partial charge >= 0.3 is 5.97 Å². The van der Waals surface area contributed by atoms with Gasteiger partial charge in [-0.25, -0.2) is 9.78 Å². The molecule has 1 aromatic carbocycles. The fourth-order valence-electron chi connectivity index (χ4n) is 3.89. The van der Waals surface area contributed by atoms with Crippen LogP contribution in [0.2, 0.25) is 0 Å². The SMILES string of the molecule is Cc1ccccc1-c1nc2sc3c(c2c(=O)n1C(C)C(=O)O)CCC(C)C3. The highest BCUT2D eigenvalue weighted by molar-refractivity contribution is 7.18. The van der Waals surface area contributed by atoms with Crippen molar-refractivity contribution in [3.63, 3.8) is 0 Å². The van der Waals surface area contributed by atoms with Crippen molar-refractivity contribution in [1.29, 1.82) is 0 Å². The molecule has 6 heteroatoms. The summed E-state index contributed by atoms with van der Waals surface area (Å²) >= 11 is 1.59. The van der Waals surface area contributed by atoms with Crippen LogP contribution in [0.15, 0.2) is 29.1 Å². The predicted molar refractivity (Wildman–Crippen MR) is 108 cm³/mol. The molecule has 140 valence electrons. The summed E-state index contributed by atoms with van der Waals surface area (Å²) in [5.74, 6) is -0.000446. The summed E-state index contributed by atoms with van der Waals surface area (Å²) < 4.78 is 1.36. The maximum absolute atomic E-state index is 13.5. The van der Waals surface area contributed by atoms with Crippen molar-refractivity contribution < 1.29 is 9.90 Å². The van der Waals surface area contributed by atoms with Crippen LogP contribution in [-0.4, -0.2) is 20.6 Å². The number of carboxylic acids is 1. The smallest absolute Gasteiger partial charge is 0.326 e. The molecule has 0 aliphatic heterocycles. The minimum absolute atomic E-state index is 0.236. The van der Waals surface area contributed by atoms with E-state index in [2.05, 4.69) is 6.92 Å². The standard InChI is InChI=1S/C21H22N2O3S/c1-11-8-9-15-16(10-11)27-19-17(15)20(24)23(13(3)21(25)26)18(22-19)14-7-5-4-6-12(14)2/h4-7,11,13H,8-10H2,1-3H3,(H,25,26). The second kappa shape index (κ2) is 6.60. The Labute approximate surface area is 161 Å². The van der Waals surface area contributed by atoms with Crippen molar-refractivity contribution in [3.05, 3.63) is 50.6 Å². The molecule has 2 atom stereocenters. The quantitative estimate of drug-likeness (QED) is 0.737. The van der Waals surface area contributed by atoms with Gasteiger partial charge in [0.2, 0.25) is 0 Å². The van der Waals surface area contributed by atoms with Gasteiger partial charge in [0.25, 0.3) is 5.56 Å². The van der Waals surface area contributed by atoms with Crippen molar-refractivity contribution in [2.45, 2.75) is 46.1 Å². The third-order valence-electron chi connectivity index (χ3n) is 5.49. The van der Waals surface area contributed by atoms with E-state index in [0.717, 1.165) is 40.8 Å². The molecular formula is C21H22N2O3S. The molecule has 2 unspecified atom stereocenters. The van der Waals surface area contributed by atoms with E-state index in [1.54, 1.807) is 18.3 Å². The molecule has 0 bridgehead atoms. The summed E-state index contributed by atoms with van der Waals surface area (Å²) in [6, 6.07) is 6.66. The molecule has 1 aliphatic rings. The van der Waals surface area contributed by atoms with E-state index >= 15 is 0 Å². The number of benzene rings is 1. The van der Waals surface area contributed by atoms with Gasteiger partial charge in [0, 0.05) is 10.4 Å². The first-order valence-electron chi connectivity index (χ1n) is 9.24. The summed E-state index contributed by atoms with van der Waals surface area (Å²) in [6.07, 6.45) is 2.87. The summed E-state index contributed by atoms with van der Waals surface area (Å²) in [5.41, 5.74) is 2.60. The highest BCUT2D eigenvalue weighted by atomic mass is 32.1. The molecule has 0 saturated carbocycles. The molecule has 2 heterocycles. The number of carboxylic acid groups (broad SMARTS) is 1. The van der Waals surface area contributed by atoms with Gasteiger partial charge in [0.05, 0.1) is 5.39 Å². The van der Waals surface area contributed by atoms with Crippen LogP contribution >= 0.6 is 11.3 Å². The highest BCUT2D eigenvalue weighted by Crippen LogP contribution is 2.37. The molecule has 0 fully saturated rings. The molecule has 0 amide bonds. The maximum Gasteiger partial charge on any atom is 0.326 e. The van der Waals surface area contributed by atoms with Gasteiger partial charge < -0.3 is 5.11 Å². The molecular weight excluding hydrogens is 360 g/mol. The van der Waals surface area contributed by atoms with Crippen molar-refractivity contribution >= 4 is 27.5 Å². The Morgan fingerprint density at radius 2 is 2.11 bits per heavy atom. The van der Waals surface area contributed by atoms with E-state index < -0.39 is 12.0 Å². The zero-order valence-corrected chi connectivity index (χ0v) is 16.5. The van der Waals surface area contributed by atoms with E-state index in [-0.39, 0.29) is 5.56 Å². The number of hydrogen-bond donors (Lipinski definition) is 1. The van der Waals surface area contributed by atoms with Crippen LogP contribution in [-0.2, 0) is 17.6 Å². The summed E-state index contributed by atoms with van der Waals surface area (Å²) in [5, 5.41) is 10.2. The number of thiophene rings is 1. The lowest BCUT2D eigenvalue weighted by Gasteiger charge is -2.19. The van der Waals surface area contributed by atoms with Crippen molar-refractivity contribution in [2.75, 3.05) is 0 Å². The molecule has 5 nitrogen and oxygen atoms in total. The van der Waals surface area contributed by atoms with E-state index in [1.165, 1.54) is 9.44 Å². The second-order valence-electron chi connectivity index (χ2n) is 7.47. The van der Waals surface area contributed by atoms with Gasteiger partial charge in [-0.3, -0.25) is 9.36 Å². The topological polar surface area (TPSA) is 72.2 Å². The Morgan fingerprint density at radius 1 is 1.37 bits per heavy atom. The van der Waals surface area contributed by atoms with Crippen LogP contribution in [0.5, 0.6) is 0 Å². The number of rotatable bonds is 3. The lowest BCUT2D eigenvalue weighted by molar-refractivity contribution is -0.140. The molecule has 0 spiro atoms. The Morgan fingerprint density at radius 3 is 2.81 bits per heavy atom. The molecule has 0 radical (unpaired) electrons. The van der Waals surface area contributed by atoms with E-state index in [9.17, 15) is 14.7 Å². The Hall–Kier alpha value is -2.47. The van der Waals surface area contributed by atoms with E-state index in [1.807, 2.05) is 31.2 Å². The number of aryl methyl sites for hydroxylation is 2. The number of nitrogens with zero attached hydrogens (tertiary/aromatic N) is 2. The van der Waals surface area contributed by atoms with Crippen LogP contribution in [0.4, 0.5) is 0 Å². The van der Waals surface area contributed by atoms with Crippen LogP contribution in [0, 0.1) is 12.8 Å². The monoisotopic (exact) mass is 382 g/mol. The van der Waals surface area contributed by atoms with Crippen molar-refractivity contribution in [2.24, 2.45) is 5.92 Å². The van der Waals surface area contributed by atoms with Gasteiger partial charge in [-0.1, -0.05) is 31.2 Å². The second-order valence-corrected chi connectivity index (χ2v) is 8.56. The van der Waals surface area contributed by atoms with Gasteiger partial charge in [0.15, 0.2) is 0 Å². The van der Waals surface area contributed by atoms with Crippen LogP contribution in [0.3, 0.4) is 0 Å². The number of aromatic nitrogens is 2. The predicted octanol–water partition coefficient (Wildman–Crippen LogP) is 4.20. The van der Waals surface area contributed by atoms with Crippen LogP contribution < -0.4 is 5.56 Å². The molecule has 1 N–H and O–H groups in total. The Balaban J connectivity index is 2.08. The molecule has 3 aromatic rings. The average Bonchev–Trinajstić information content (AvgIpc) is 2.99. The van der Waals surface area contributed by atoms with Crippen molar-refractivity contribution in [1.82, 2.24) is 9.55 Å². The normalized spacial score (nSPS) is 17.7. The van der Waals surface area contributed by atoms with Gasteiger partial charge in [-0.2, -0.15) is 0 Å². The van der Waals surface area contributed by atoms with Crippen molar-refractivity contribution in [3.8, 4) is 11.4 Å².